The summed E-state index contributed by atoms with van der Waals surface area (Å²) in [4.78, 5) is 0. The van der Waals surface area contributed by atoms with Crippen LogP contribution in [0.4, 0.5) is 0 Å². The van der Waals surface area contributed by atoms with Crippen molar-refractivity contribution in [3.8, 4) is 0 Å². The van der Waals surface area contributed by atoms with Gasteiger partial charge in [0.1, 0.15) is 0 Å². The Labute approximate surface area is 88.6 Å². The van der Waals surface area contributed by atoms with Crippen molar-refractivity contribution >= 4 is 0 Å². The summed E-state index contributed by atoms with van der Waals surface area (Å²) in [6.45, 7) is 0. The second-order valence-corrected chi connectivity index (χ2v) is 4.60. The SMILES string of the molecule is N.[Na+].[O]=[Cr](=[O])([O-])[O][Cr](=[O])(=[O])[OH]. The molecule has 0 bridgehead atoms. The molecule has 0 heterocycles. The van der Waals surface area contributed by atoms with E-state index in [4.69, 9.17) is 4.16 Å². The molecule has 0 aliphatic carbocycles. The zero-order chi connectivity index (χ0) is 7.71. The van der Waals surface area contributed by atoms with E-state index in [0.29, 0.717) is 0 Å². The first-order valence-electron chi connectivity index (χ1n) is 1.35. The molecule has 0 spiro atoms. The van der Waals surface area contributed by atoms with Crippen LogP contribution in [0.2, 0.25) is 0 Å². The van der Waals surface area contributed by atoms with Crippen molar-refractivity contribution in [2.24, 2.45) is 0 Å². The van der Waals surface area contributed by atoms with Gasteiger partial charge in [-0.2, -0.15) is 0 Å². The Kier molecular flexibility index (Phi) is 9.33. The summed E-state index contributed by atoms with van der Waals surface area (Å²) < 4.78 is 57.6. The number of rotatable bonds is 2. The molecule has 0 saturated carbocycles. The fourth-order valence-electron chi connectivity index (χ4n) is 0.105. The van der Waals surface area contributed by atoms with Crippen molar-refractivity contribution in [2.75, 3.05) is 0 Å². The maximum atomic E-state index is 9.49. The molecule has 64 valence electrons. The van der Waals surface area contributed by atoms with Crippen LogP contribution in [0.3, 0.4) is 0 Å². The fourth-order valence-corrected chi connectivity index (χ4v) is 1.79. The normalized spacial score (nSPS) is 11.1. The summed E-state index contributed by atoms with van der Waals surface area (Å²) in [7, 11) is 0. The minimum atomic E-state index is -6.01. The van der Waals surface area contributed by atoms with Gasteiger partial charge in [-0.3, -0.25) is 0 Å². The molecule has 8 nitrogen and oxygen atoms in total. The third-order valence-electron chi connectivity index (χ3n) is 0.169. The van der Waals surface area contributed by atoms with E-state index in [1.807, 2.05) is 0 Å². The molecule has 0 unspecified atom stereocenters. The van der Waals surface area contributed by atoms with Crippen molar-refractivity contribution in [1.82, 2.24) is 6.15 Å². The monoisotopic (exact) mass is 257 g/mol. The van der Waals surface area contributed by atoms with Gasteiger partial charge in [-0.1, -0.05) is 0 Å². The molecule has 0 aromatic heterocycles. The molecular weight excluding hydrogens is 253 g/mol. The molecule has 0 aliphatic rings. The van der Waals surface area contributed by atoms with E-state index in [1.54, 1.807) is 0 Å². The van der Waals surface area contributed by atoms with E-state index in [-0.39, 0.29) is 35.7 Å². The molecular formula is H4Cr2NNaO7. The van der Waals surface area contributed by atoms with Crippen LogP contribution in [0.5, 0.6) is 0 Å². The molecule has 0 aliphatic heterocycles. The third kappa shape index (κ3) is 18.2. The van der Waals surface area contributed by atoms with Crippen molar-refractivity contribution < 1.29 is 83.2 Å². The molecule has 0 aromatic rings. The molecule has 0 aromatic carbocycles. The van der Waals surface area contributed by atoms with E-state index in [1.165, 1.54) is 0 Å². The summed E-state index contributed by atoms with van der Waals surface area (Å²) >= 11 is -11.8. The van der Waals surface area contributed by atoms with Gasteiger partial charge in [0.2, 0.25) is 0 Å². The molecule has 0 rings (SSSR count). The quantitative estimate of drug-likeness (QED) is 0.465. The molecule has 0 fully saturated rings. The topological polar surface area (TPSA) is 156 Å². The van der Waals surface area contributed by atoms with E-state index in [0.717, 1.165) is 0 Å². The Morgan fingerprint density at radius 2 is 1.45 bits per heavy atom. The minimum absolute atomic E-state index is 0. The summed E-state index contributed by atoms with van der Waals surface area (Å²) in [5.74, 6) is 0. The van der Waals surface area contributed by atoms with Gasteiger partial charge >= 0.3 is 83.2 Å². The van der Waals surface area contributed by atoms with E-state index in [9.17, 15) is 19.4 Å². The van der Waals surface area contributed by atoms with Crippen LogP contribution in [0.1, 0.15) is 0 Å². The van der Waals surface area contributed by atoms with Crippen molar-refractivity contribution in [1.29, 1.82) is 0 Å². The molecule has 0 radical (unpaired) electrons. The maximum absolute atomic E-state index is 9.49. The van der Waals surface area contributed by atoms with Gasteiger partial charge < -0.3 is 6.15 Å². The first kappa shape index (κ1) is 18.0. The summed E-state index contributed by atoms with van der Waals surface area (Å²) in [5, 5.41) is 0. The third-order valence-corrected chi connectivity index (χ3v) is 2.88. The second-order valence-electron chi connectivity index (χ2n) is 0.904. The predicted octanol–water partition coefficient (Wildman–Crippen LogP) is -5.13. The molecule has 11 heteroatoms. The first-order chi connectivity index (χ1) is 3.71. The van der Waals surface area contributed by atoms with E-state index >= 15 is 0 Å². The number of hydrogen-bond donors (Lipinski definition) is 2. The summed E-state index contributed by atoms with van der Waals surface area (Å²) in [5.41, 5.74) is 0. The predicted molar refractivity (Wildman–Crippen MR) is 11.1 cm³/mol. The Morgan fingerprint density at radius 1 is 1.18 bits per heavy atom. The van der Waals surface area contributed by atoms with Crippen LogP contribution >= 0.6 is 0 Å². The molecule has 0 atom stereocenters. The molecule has 0 saturated heterocycles. The van der Waals surface area contributed by atoms with Gasteiger partial charge in [0.15, 0.2) is 0 Å². The van der Waals surface area contributed by atoms with Gasteiger partial charge in [-0.05, 0) is 0 Å². The van der Waals surface area contributed by atoms with Crippen molar-refractivity contribution in [3.05, 3.63) is 0 Å². The van der Waals surface area contributed by atoms with Gasteiger partial charge in [-0.25, -0.2) is 0 Å². The Balaban J connectivity index is -0.000000320. The van der Waals surface area contributed by atoms with Crippen molar-refractivity contribution in [2.45, 2.75) is 0 Å². The zero-order valence-corrected chi connectivity index (χ0v) is 9.97. The van der Waals surface area contributed by atoms with Crippen LogP contribution in [-0.4, -0.2) is 4.16 Å². The Bertz CT molecular complexity index is 242. The van der Waals surface area contributed by atoms with Gasteiger partial charge in [0.05, 0.1) is 0 Å². The first-order valence-corrected chi connectivity index (χ1v) is 5.56. The average molecular weight is 257 g/mol. The van der Waals surface area contributed by atoms with Crippen LogP contribution in [0.15, 0.2) is 0 Å². The zero-order valence-electron chi connectivity index (χ0n) is 5.42. The Hall–Kier alpha value is 1.10. The molecule has 11 heavy (non-hydrogen) atoms. The van der Waals surface area contributed by atoms with Crippen molar-refractivity contribution in [3.63, 3.8) is 0 Å². The van der Waals surface area contributed by atoms with E-state index in [2.05, 4.69) is 2.84 Å². The fraction of sp³-hybridized carbons (Fsp3) is 0. The standard InChI is InChI=1S/2Cr.H3N.Na.H2O.6O/h;;1H3;;1H2;;;;;;/q;+1;;+1;;;;;;;-1/p-1. The molecule has 0 amide bonds. The van der Waals surface area contributed by atoms with Crippen LogP contribution < -0.4 is 39.9 Å². The summed E-state index contributed by atoms with van der Waals surface area (Å²) in [6, 6.07) is 0. The van der Waals surface area contributed by atoms with Gasteiger partial charge in [0.25, 0.3) is 0 Å². The average Bonchev–Trinajstić information content (AvgIpc) is 1.14. The van der Waals surface area contributed by atoms with Crippen LogP contribution in [-0.2, 0) is 45.3 Å². The van der Waals surface area contributed by atoms with Crippen LogP contribution in [0.25, 0.3) is 0 Å². The van der Waals surface area contributed by atoms with Gasteiger partial charge in [-0.15, -0.1) is 0 Å². The Morgan fingerprint density at radius 3 is 1.45 bits per heavy atom. The van der Waals surface area contributed by atoms with E-state index < -0.39 is 27.2 Å². The van der Waals surface area contributed by atoms with Gasteiger partial charge in [0, 0.05) is 0 Å². The second kappa shape index (κ2) is 5.70. The molecule has 4 N–H and O–H groups in total. The summed E-state index contributed by atoms with van der Waals surface area (Å²) in [6.07, 6.45) is 0. The number of hydrogen-bond acceptors (Lipinski definition) is 7. The van der Waals surface area contributed by atoms with Crippen LogP contribution in [0, 0.1) is 0 Å².